The number of carboxylic acid groups (broad SMARTS) is 1. The second kappa shape index (κ2) is 5.85. The number of rotatable bonds is 5. The van der Waals surface area contributed by atoms with Gasteiger partial charge in [0.15, 0.2) is 0 Å². The first-order valence-corrected chi connectivity index (χ1v) is 5.00. The predicted octanol–water partition coefficient (Wildman–Crippen LogP) is 0.603. The van der Waals surface area contributed by atoms with Gasteiger partial charge < -0.3 is 10.4 Å². The number of hydrogen-bond donors (Lipinski definition) is 2. The highest BCUT2D eigenvalue weighted by Gasteiger charge is 2.13. The smallest absolute Gasteiger partial charge is 0.325 e. The van der Waals surface area contributed by atoms with Gasteiger partial charge in [0.2, 0.25) is 5.91 Å². The van der Waals surface area contributed by atoms with Crippen LogP contribution < -0.4 is 5.32 Å². The highest BCUT2D eigenvalue weighted by molar-refractivity contribution is 5.83. The van der Waals surface area contributed by atoms with E-state index in [1.807, 2.05) is 6.07 Å². The highest BCUT2D eigenvalue weighted by Crippen LogP contribution is 2.00. The Morgan fingerprint density at radius 3 is 2.88 bits per heavy atom. The van der Waals surface area contributed by atoms with Crippen LogP contribution in [0.4, 0.5) is 0 Å². The van der Waals surface area contributed by atoms with Gasteiger partial charge in [-0.25, -0.2) is 0 Å². The lowest BCUT2D eigenvalue weighted by Crippen LogP contribution is -2.38. The molecule has 5 nitrogen and oxygen atoms in total. The molecule has 1 heterocycles. The molecule has 0 unspecified atom stereocenters. The molecule has 0 saturated heterocycles. The lowest BCUT2D eigenvalue weighted by molar-refractivity contribution is -0.141. The van der Waals surface area contributed by atoms with Gasteiger partial charge in [0.25, 0.3) is 0 Å². The summed E-state index contributed by atoms with van der Waals surface area (Å²) < 4.78 is 0. The van der Waals surface area contributed by atoms with Crippen LogP contribution in [0.15, 0.2) is 24.5 Å². The Morgan fingerprint density at radius 1 is 1.56 bits per heavy atom. The van der Waals surface area contributed by atoms with E-state index in [1.54, 1.807) is 18.5 Å². The van der Waals surface area contributed by atoms with E-state index in [0.717, 1.165) is 5.56 Å². The van der Waals surface area contributed by atoms with Gasteiger partial charge in [0, 0.05) is 18.8 Å². The Hall–Kier alpha value is -1.91. The molecule has 0 aromatic carbocycles. The minimum Gasteiger partial charge on any atom is -0.480 e. The minimum absolute atomic E-state index is 0.265. The molecule has 1 amide bonds. The normalized spacial score (nSPS) is 11.8. The molecule has 1 atom stereocenters. The van der Waals surface area contributed by atoms with Gasteiger partial charge in [-0.05, 0) is 25.0 Å². The number of nitrogens with one attached hydrogen (secondary N) is 1. The molecule has 0 aliphatic heterocycles. The molecule has 0 aliphatic carbocycles. The van der Waals surface area contributed by atoms with Crippen molar-refractivity contribution in [1.82, 2.24) is 10.3 Å². The number of aliphatic carboxylic acids is 1. The van der Waals surface area contributed by atoms with Crippen LogP contribution in [0.5, 0.6) is 0 Å². The SMILES string of the molecule is C[C@@H](NC(=O)CCc1cccnc1)C(=O)O. The molecular formula is C11H14N2O3. The zero-order valence-electron chi connectivity index (χ0n) is 9.01. The standard InChI is InChI=1S/C11H14N2O3/c1-8(11(15)16)13-10(14)5-4-9-3-2-6-12-7-9/h2-3,6-8H,4-5H2,1H3,(H,13,14)(H,15,16)/t8-/m1/s1. The van der Waals surface area contributed by atoms with E-state index in [0.29, 0.717) is 6.42 Å². The number of hydrogen-bond acceptors (Lipinski definition) is 3. The van der Waals surface area contributed by atoms with Crippen LogP contribution in [0, 0.1) is 0 Å². The summed E-state index contributed by atoms with van der Waals surface area (Å²) in [7, 11) is 0. The second-order valence-corrected chi connectivity index (χ2v) is 3.49. The average molecular weight is 222 g/mol. The molecule has 86 valence electrons. The van der Waals surface area contributed by atoms with Crippen molar-refractivity contribution < 1.29 is 14.7 Å². The molecule has 0 saturated carbocycles. The summed E-state index contributed by atoms with van der Waals surface area (Å²) in [6, 6.07) is 2.83. The predicted molar refractivity (Wildman–Crippen MR) is 57.8 cm³/mol. The molecule has 1 rings (SSSR count). The molecule has 0 radical (unpaired) electrons. The van der Waals surface area contributed by atoms with E-state index in [4.69, 9.17) is 5.11 Å². The number of carboxylic acids is 1. The van der Waals surface area contributed by atoms with Crippen LogP contribution >= 0.6 is 0 Å². The number of carbonyl (C=O) groups excluding carboxylic acids is 1. The van der Waals surface area contributed by atoms with Crippen molar-refractivity contribution in [3.05, 3.63) is 30.1 Å². The second-order valence-electron chi connectivity index (χ2n) is 3.49. The number of carbonyl (C=O) groups is 2. The Labute approximate surface area is 93.5 Å². The maximum Gasteiger partial charge on any atom is 0.325 e. The van der Waals surface area contributed by atoms with E-state index in [1.165, 1.54) is 6.92 Å². The molecule has 2 N–H and O–H groups in total. The lowest BCUT2D eigenvalue weighted by atomic mass is 10.1. The fourth-order valence-electron chi connectivity index (χ4n) is 1.18. The van der Waals surface area contributed by atoms with Crippen molar-refractivity contribution in [3.63, 3.8) is 0 Å². The summed E-state index contributed by atoms with van der Waals surface area (Å²) in [6.45, 7) is 1.43. The highest BCUT2D eigenvalue weighted by atomic mass is 16.4. The van der Waals surface area contributed by atoms with Gasteiger partial charge >= 0.3 is 5.97 Å². The molecule has 0 fully saturated rings. The summed E-state index contributed by atoms with van der Waals surface area (Å²) in [5, 5.41) is 11.0. The van der Waals surface area contributed by atoms with Crippen LogP contribution in [0.2, 0.25) is 0 Å². The minimum atomic E-state index is -1.03. The van der Waals surface area contributed by atoms with Gasteiger partial charge in [-0.15, -0.1) is 0 Å². The van der Waals surface area contributed by atoms with E-state index < -0.39 is 12.0 Å². The molecule has 1 aromatic rings. The Balaban J connectivity index is 2.33. The van der Waals surface area contributed by atoms with Crippen LogP contribution in [-0.2, 0) is 16.0 Å². The molecule has 0 spiro atoms. The third-order valence-corrected chi connectivity index (χ3v) is 2.11. The number of nitrogens with zero attached hydrogens (tertiary/aromatic N) is 1. The number of pyridine rings is 1. The summed E-state index contributed by atoms with van der Waals surface area (Å²) in [4.78, 5) is 25.7. The van der Waals surface area contributed by atoms with Gasteiger partial charge in [0.05, 0.1) is 0 Å². The molecule has 16 heavy (non-hydrogen) atoms. The maximum absolute atomic E-state index is 11.3. The largest absolute Gasteiger partial charge is 0.480 e. The zero-order valence-corrected chi connectivity index (χ0v) is 9.01. The van der Waals surface area contributed by atoms with E-state index in [9.17, 15) is 9.59 Å². The molecule has 1 aromatic heterocycles. The summed E-state index contributed by atoms with van der Waals surface area (Å²) >= 11 is 0. The van der Waals surface area contributed by atoms with Crippen LogP contribution in [0.25, 0.3) is 0 Å². The van der Waals surface area contributed by atoms with Gasteiger partial charge in [0.1, 0.15) is 6.04 Å². The Bertz CT molecular complexity index is 365. The van der Waals surface area contributed by atoms with Crippen molar-refractivity contribution in [2.45, 2.75) is 25.8 Å². The van der Waals surface area contributed by atoms with Crippen molar-refractivity contribution in [3.8, 4) is 0 Å². The summed E-state index contributed by atoms with van der Waals surface area (Å²) in [5.41, 5.74) is 0.959. The first-order valence-electron chi connectivity index (χ1n) is 5.00. The van der Waals surface area contributed by atoms with E-state index in [-0.39, 0.29) is 12.3 Å². The van der Waals surface area contributed by atoms with Crippen molar-refractivity contribution >= 4 is 11.9 Å². The van der Waals surface area contributed by atoms with Gasteiger partial charge in [-0.2, -0.15) is 0 Å². The van der Waals surface area contributed by atoms with Gasteiger partial charge in [-0.1, -0.05) is 6.07 Å². The number of aryl methyl sites for hydroxylation is 1. The van der Waals surface area contributed by atoms with E-state index in [2.05, 4.69) is 10.3 Å². The lowest BCUT2D eigenvalue weighted by Gasteiger charge is -2.08. The average Bonchev–Trinajstić information content (AvgIpc) is 2.27. The number of amides is 1. The first kappa shape index (κ1) is 12.2. The monoisotopic (exact) mass is 222 g/mol. The van der Waals surface area contributed by atoms with Gasteiger partial charge in [-0.3, -0.25) is 14.6 Å². The fourth-order valence-corrected chi connectivity index (χ4v) is 1.18. The van der Waals surface area contributed by atoms with Crippen molar-refractivity contribution in [2.75, 3.05) is 0 Å². The third kappa shape index (κ3) is 4.08. The topological polar surface area (TPSA) is 79.3 Å². The first-order chi connectivity index (χ1) is 7.59. The van der Waals surface area contributed by atoms with Crippen LogP contribution in [0.3, 0.4) is 0 Å². The molecule has 5 heteroatoms. The molecular weight excluding hydrogens is 208 g/mol. The van der Waals surface area contributed by atoms with Crippen LogP contribution in [-0.4, -0.2) is 28.0 Å². The fraction of sp³-hybridized carbons (Fsp3) is 0.364. The van der Waals surface area contributed by atoms with E-state index >= 15 is 0 Å². The van der Waals surface area contributed by atoms with Crippen LogP contribution in [0.1, 0.15) is 18.9 Å². The number of aromatic nitrogens is 1. The quantitative estimate of drug-likeness (QED) is 0.764. The molecule has 0 aliphatic rings. The van der Waals surface area contributed by atoms with Crippen molar-refractivity contribution in [1.29, 1.82) is 0 Å². The maximum atomic E-state index is 11.3. The third-order valence-electron chi connectivity index (χ3n) is 2.11. The Morgan fingerprint density at radius 2 is 2.31 bits per heavy atom. The van der Waals surface area contributed by atoms with Crippen molar-refractivity contribution in [2.24, 2.45) is 0 Å². The zero-order chi connectivity index (χ0) is 12.0. The summed E-state index contributed by atoms with van der Waals surface area (Å²) in [5.74, 6) is -1.30. The summed E-state index contributed by atoms with van der Waals surface area (Å²) in [6.07, 6.45) is 4.18. The Kier molecular flexibility index (Phi) is 4.44. The molecule has 0 bridgehead atoms.